The fourth-order valence-electron chi connectivity index (χ4n) is 2.41. The number of likely N-dealkylation sites (N-methyl/N-ethyl adjacent to an activating group) is 1. The molecule has 1 amide bonds. The summed E-state index contributed by atoms with van der Waals surface area (Å²) >= 11 is 0. The van der Waals surface area contributed by atoms with Crippen LogP contribution >= 0.6 is 0 Å². The third kappa shape index (κ3) is 1.85. The lowest BCUT2D eigenvalue weighted by molar-refractivity contribution is -0.137. The zero-order chi connectivity index (χ0) is 9.26. The van der Waals surface area contributed by atoms with Gasteiger partial charge < -0.3 is 4.90 Å². The van der Waals surface area contributed by atoms with E-state index >= 15 is 0 Å². The normalized spacial score (nSPS) is 27.2. The van der Waals surface area contributed by atoms with Crippen LogP contribution in [0.3, 0.4) is 0 Å². The first-order chi connectivity index (χ1) is 6.27. The molecule has 74 valence electrons. The summed E-state index contributed by atoms with van der Waals surface area (Å²) in [7, 11) is 2.02. The minimum absolute atomic E-state index is 0.334. The molecule has 2 fully saturated rings. The summed E-state index contributed by atoms with van der Waals surface area (Å²) in [6, 6.07) is 0.571. The number of carbonyl (C=O) groups excluding carboxylic acids is 1. The van der Waals surface area contributed by atoms with Crippen molar-refractivity contribution in [2.45, 2.75) is 31.7 Å². The molecule has 3 heteroatoms. The van der Waals surface area contributed by atoms with Crippen molar-refractivity contribution in [1.29, 1.82) is 0 Å². The lowest BCUT2D eigenvalue weighted by Gasteiger charge is -2.36. The van der Waals surface area contributed by atoms with E-state index < -0.39 is 0 Å². The van der Waals surface area contributed by atoms with Crippen molar-refractivity contribution in [1.82, 2.24) is 9.80 Å². The van der Waals surface area contributed by atoms with Gasteiger partial charge in [0.25, 0.3) is 0 Å². The van der Waals surface area contributed by atoms with Gasteiger partial charge in [0.2, 0.25) is 5.91 Å². The van der Waals surface area contributed by atoms with Crippen molar-refractivity contribution in [3.8, 4) is 0 Å². The first kappa shape index (κ1) is 9.00. The Bertz CT molecular complexity index is 199. The van der Waals surface area contributed by atoms with E-state index in [4.69, 9.17) is 0 Å². The van der Waals surface area contributed by atoms with Crippen LogP contribution in [0.2, 0.25) is 0 Å². The Balaban J connectivity index is 1.95. The van der Waals surface area contributed by atoms with Gasteiger partial charge in [-0.05, 0) is 19.9 Å². The zero-order valence-corrected chi connectivity index (χ0v) is 8.33. The molecule has 0 aromatic heterocycles. The Morgan fingerprint density at radius 3 is 2.54 bits per heavy atom. The van der Waals surface area contributed by atoms with Gasteiger partial charge in [0, 0.05) is 19.1 Å². The molecule has 0 N–H and O–H groups in total. The van der Waals surface area contributed by atoms with E-state index in [0.29, 0.717) is 18.5 Å². The summed E-state index contributed by atoms with van der Waals surface area (Å²) in [6.45, 7) is 2.61. The van der Waals surface area contributed by atoms with E-state index in [9.17, 15) is 4.79 Å². The van der Waals surface area contributed by atoms with E-state index in [-0.39, 0.29) is 0 Å². The molecular weight excluding hydrogens is 164 g/mol. The number of amides is 1. The van der Waals surface area contributed by atoms with Crippen LogP contribution in [0.25, 0.3) is 0 Å². The largest absolute Gasteiger partial charge is 0.337 e. The molecule has 0 spiro atoms. The molecule has 1 heterocycles. The number of hydrogen-bond acceptors (Lipinski definition) is 2. The first-order valence-electron chi connectivity index (χ1n) is 5.25. The smallest absolute Gasteiger partial charge is 0.237 e. The van der Waals surface area contributed by atoms with Crippen LogP contribution in [0.5, 0.6) is 0 Å². The molecule has 1 saturated carbocycles. The maximum Gasteiger partial charge on any atom is 0.237 e. The topological polar surface area (TPSA) is 23.6 Å². The van der Waals surface area contributed by atoms with Crippen LogP contribution in [0.4, 0.5) is 0 Å². The number of hydrogen-bond donors (Lipinski definition) is 0. The molecule has 0 aromatic rings. The highest BCUT2D eigenvalue weighted by atomic mass is 16.2. The molecular formula is C10H18N2O. The maximum absolute atomic E-state index is 11.7. The van der Waals surface area contributed by atoms with Crippen LogP contribution in [0.1, 0.15) is 25.7 Å². The van der Waals surface area contributed by atoms with Crippen LogP contribution in [-0.4, -0.2) is 48.4 Å². The van der Waals surface area contributed by atoms with Crippen molar-refractivity contribution < 1.29 is 4.79 Å². The second kappa shape index (κ2) is 3.66. The highest BCUT2D eigenvalue weighted by Gasteiger charge is 2.29. The number of rotatable bonds is 1. The van der Waals surface area contributed by atoms with Crippen LogP contribution in [0.15, 0.2) is 0 Å². The summed E-state index contributed by atoms with van der Waals surface area (Å²) < 4.78 is 0. The number of piperazine rings is 1. The molecule has 3 nitrogen and oxygen atoms in total. The van der Waals surface area contributed by atoms with Crippen LogP contribution in [0, 0.1) is 0 Å². The van der Waals surface area contributed by atoms with Crippen molar-refractivity contribution in [2.24, 2.45) is 0 Å². The van der Waals surface area contributed by atoms with E-state index in [0.717, 1.165) is 13.1 Å². The van der Waals surface area contributed by atoms with E-state index in [2.05, 4.69) is 9.80 Å². The van der Waals surface area contributed by atoms with Crippen molar-refractivity contribution in [3.05, 3.63) is 0 Å². The average Bonchev–Trinajstić information content (AvgIpc) is 2.56. The highest BCUT2D eigenvalue weighted by Crippen LogP contribution is 2.24. The summed E-state index contributed by atoms with van der Waals surface area (Å²) in [5.74, 6) is 0.334. The Labute approximate surface area is 79.7 Å². The van der Waals surface area contributed by atoms with E-state index in [1.807, 2.05) is 7.05 Å². The van der Waals surface area contributed by atoms with Gasteiger partial charge in [-0.25, -0.2) is 0 Å². The molecule has 0 aromatic carbocycles. The molecule has 0 radical (unpaired) electrons. The molecule has 1 saturated heterocycles. The van der Waals surface area contributed by atoms with Crippen LogP contribution < -0.4 is 0 Å². The van der Waals surface area contributed by atoms with Gasteiger partial charge in [0.05, 0.1) is 6.54 Å². The monoisotopic (exact) mass is 182 g/mol. The zero-order valence-electron chi connectivity index (χ0n) is 8.33. The average molecular weight is 182 g/mol. The van der Waals surface area contributed by atoms with Gasteiger partial charge >= 0.3 is 0 Å². The van der Waals surface area contributed by atoms with Crippen molar-refractivity contribution >= 4 is 5.91 Å². The fraction of sp³-hybridized carbons (Fsp3) is 0.900. The second-order valence-electron chi connectivity index (χ2n) is 4.26. The van der Waals surface area contributed by atoms with E-state index in [1.54, 1.807) is 0 Å². The predicted molar refractivity (Wildman–Crippen MR) is 51.5 cm³/mol. The molecule has 0 bridgehead atoms. The van der Waals surface area contributed by atoms with Gasteiger partial charge in [-0.15, -0.1) is 0 Å². The van der Waals surface area contributed by atoms with Gasteiger partial charge in [0.1, 0.15) is 0 Å². The molecule has 0 atom stereocenters. The molecule has 0 unspecified atom stereocenters. The van der Waals surface area contributed by atoms with Gasteiger partial charge in [-0.1, -0.05) is 12.8 Å². The lowest BCUT2D eigenvalue weighted by atomic mass is 10.2. The van der Waals surface area contributed by atoms with Crippen molar-refractivity contribution in [3.63, 3.8) is 0 Å². The summed E-state index contributed by atoms with van der Waals surface area (Å²) in [5, 5.41) is 0. The first-order valence-corrected chi connectivity index (χ1v) is 5.25. The van der Waals surface area contributed by atoms with E-state index in [1.165, 1.54) is 25.7 Å². The molecule has 1 aliphatic heterocycles. The third-order valence-electron chi connectivity index (χ3n) is 3.21. The molecule has 2 rings (SSSR count). The van der Waals surface area contributed by atoms with Gasteiger partial charge in [-0.3, -0.25) is 9.69 Å². The lowest BCUT2D eigenvalue weighted by Crippen LogP contribution is -2.52. The van der Waals surface area contributed by atoms with Crippen molar-refractivity contribution in [2.75, 3.05) is 26.7 Å². The summed E-state index contributed by atoms with van der Waals surface area (Å²) in [6.07, 6.45) is 5.08. The molecule has 2 aliphatic rings. The van der Waals surface area contributed by atoms with Gasteiger partial charge in [-0.2, -0.15) is 0 Å². The predicted octanol–water partition coefficient (Wildman–Crippen LogP) is 0.703. The maximum atomic E-state index is 11.7. The fourth-order valence-corrected chi connectivity index (χ4v) is 2.41. The number of carbonyl (C=O) groups is 1. The minimum atomic E-state index is 0.334. The van der Waals surface area contributed by atoms with Crippen LogP contribution in [-0.2, 0) is 4.79 Å². The number of nitrogens with zero attached hydrogens (tertiary/aromatic N) is 2. The minimum Gasteiger partial charge on any atom is -0.337 e. The molecule has 13 heavy (non-hydrogen) atoms. The summed E-state index contributed by atoms with van der Waals surface area (Å²) in [4.78, 5) is 15.9. The van der Waals surface area contributed by atoms with Gasteiger partial charge in [0.15, 0.2) is 0 Å². The Hall–Kier alpha value is -0.570. The Morgan fingerprint density at radius 1 is 1.23 bits per heavy atom. The third-order valence-corrected chi connectivity index (χ3v) is 3.21. The summed E-state index contributed by atoms with van der Waals surface area (Å²) in [5.41, 5.74) is 0. The second-order valence-corrected chi connectivity index (χ2v) is 4.26. The standard InChI is InChI=1S/C10H18N2O/c1-11-6-7-12(10(13)8-11)9-4-2-3-5-9/h9H,2-8H2,1H3. The Kier molecular flexibility index (Phi) is 2.54. The Morgan fingerprint density at radius 2 is 1.92 bits per heavy atom. The SMILES string of the molecule is CN1CCN(C2CCCC2)C(=O)C1. The highest BCUT2D eigenvalue weighted by molar-refractivity contribution is 5.79. The quantitative estimate of drug-likeness (QED) is 0.596. The molecule has 1 aliphatic carbocycles.